The molecule has 0 saturated carbocycles. The quantitative estimate of drug-likeness (QED) is 0.216. The van der Waals surface area contributed by atoms with Gasteiger partial charge in [-0.15, -0.1) is 0 Å². The molecule has 4 aromatic rings. The van der Waals surface area contributed by atoms with Crippen LogP contribution in [0.1, 0.15) is 48.9 Å². The number of esters is 1. The Kier molecular flexibility index (Phi) is 7.32. The van der Waals surface area contributed by atoms with E-state index >= 15 is 0 Å². The fourth-order valence-electron chi connectivity index (χ4n) is 5.13. The number of benzene rings is 4. The lowest BCUT2D eigenvalue weighted by atomic mass is 9.92. The molecule has 6 nitrogen and oxygen atoms in total. The van der Waals surface area contributed by atoms with Crippen molar-refractivity contribution in [2.24, 2.45) is 10.2 Å². The summed E-state index contributed by atoms with van der Waals surface area (Å²) in [6, 6.07) is 34.2. The van der Waals surface area contributed by atoms with E-state index in [9.17, 15) is 4.79 Å². The zero-order chi connectivity index (χ0) is 28.6. The number of anilines is 2. The largest absolute Gasteiger partial charge is 0.461 e. The van der Waals surface area contributed by atoms with E-state index < -0.39 is 11.0 Å². The van der Waals surface area contributed by atoms with Crippen molar-refractivity contribution in [3.05, 3.63) is 130 Å². The molecule has 41 heavy (non-hydrogen) atoms. The van der Waals surface area contributed by atoms with Crippen molar-refractivity contribution in [1.82, 2.24) is 0 Å². The van der Waals surface area contributed by atoms with Crippen LogP contribution in [0.5, 0.6) is 0 Å². The van der Waals surface area contributed by atoms with Crippen LogP contribution in [0, 0.1) is 0 Å². The molecule has 1 unspecified atom stereocenters. The maximum atomic E-state index is 13.2. The second kappa shape index (κ2) is 11.1. The predicted octanol–water partition coefficient (Wildman–Crippen LogP) is 7.98. The monoisotopic (exact) mass is 580 g/mol. The van der Waals surface area contributed by atoms with Crippen molar-refractivity contribution in [2.75, 3.05) is 16.6 Å². The van der Waals surface area contributed by atoms with Crippen LogP contribution in [0.3, 0.4) is 0 Å². The smallest absolute Gasteiger partial charge is 0.365 e. The average Bonchev–Trinajstić information content (AvgIpc) is 3.39. The third-order valence-electron chi connectivity index (χ3n) is 7.09. The topological polar surface area (TPSA) is 57.5 Å². The van der Waals surface area contributed by atoms with Crippen LogP contribution >= 0.6 is 23.4 Å². The lowest BCUT2D eigenvalue weighted by Crippen LogP contribution is -2.54. The van der Waals surface area contributed by atoms with Gasteiger partial charge < -0.3 is 4.74 Å². The van der Waals surface area contributed by atoms with Crippen LogP contribution in [0.15, 0.2) is 113 Å². The number of ether oxygens (including phenoxy) is 1. The SMILES string of the molecule is CCOC(=O)C1=NN(c2cccc(Cl)c2)C2(S1)c1ccccc1C(c1ccc(C(C)C)cc1)=NN2c1ccccc1. The van der Waals surface area contributed by atoms with Crippen LogP contribution in [0.4, 0.5) is 11.4 Å². The van der Waals surface area contributed by atoms with E-state index in [1.807, 2.05) is 76.7 Å². The van der Waals surface area contributed by atoms with Gasteiger partial charge in [-0.25, -0.2) is 14.8 Å². The number of hydrogen-bond acceptors (Lipinski definition) is 7. The van der Waals surface area contributed by atoms with Gasteiger partial charge in [-0.3, -0.25) is 0 Å². The Morgan fingerprint density at radius 2 is 1.56 bits per heavy atom. The number of fused-ring (bicyclic) bond motifs is 2. The molecule has 0 amide bonds. The fourth-order valence-corrected chi connectivity index (χ4v) is 6.60. The van der Waals surface area contributed by atoms with E-state index in [2.05, 4.69) is 50.2 Å². The third-order valence-corrected chi connectivity index (χ3v) is 8.62. The van der Waals surface area contributed by atoms with Crippen LogP contribution in [0.2, 0.25) is 5.02 Å². The Labute approximate surface area is 249 Å². The van der Waals surface area contributed by atoms with Gasteiger partial charge in [0.05, 0.1) is 23.7 Å². The molecule has 206 valence electrons. The number of hydrogen-bond donors (Lipinski definition) is 0. The molecule has 0 N–H and O–H groups in total. The first kappa shape index (κ1) is 27.1. The standard InChI is InChI=1S/C33H29ClN4O2S/c1-4-40-32(39)31-36-38(27-14-10-11-25(34)21-27)33(41-31)29-16-9-8-15-28(29)30(24-19-17-23(18-20-24)22(2)3)35-37(33)26-12-6-5-7-13-26/h5-22H,4H2,1-3H3. The summed E-state index contributed by atoms with van der Waals surface area (Å²) < 4.78 is 5.42. The number of thioether (sulfide) groups is 1. The summed E-state index contributed by atoms with van der Waals surface area (Å²) >= 11 is 7.79. The van der Waals surface area contributed by atoms with Crippen LogP contribution in [-0.2, 0) is 14.5 Å². The number of carbonyl (C=O) groups is 1. The van der Waals surface area contributed by atoms with Crippen LogP contribution < -0.4 is 10.0 Å². The molecular formula is C33H29ClN4O2S. The zero-order valence-electron chi connectivity index (χ0n) is 23.0. The third kappa shape index (κ3) is 4.79. The molecule has 0 radical (unpaired) electrons. The Bertz CT molecular complexity index is 1660. The van der Waals surface area contributed by atoms with Gasteiger partial charge in [-0.05, 0) is 60.5 Å². The normalized spacial score (nSPS) is 17.9. The summed E-state index contributed by atoms with van der Waals surface area (Å²) in [4.78, 5) is 12.1. The molecule has 0 fully saturated rings. The maximum Gasteiger partial charge on any atom is 0.365 e. The predicted molar refractivity (Wildman–Crippen MR) is 169 cm³/mol. The van der Waals surface area contributed by atoms with E-state index in [1.54, 1.807) is 6.92 Å². The molecule has 2 heterocycles. The minimum atomic E-state index is -1.08. The van der Waals surface area contributed by atoms with E-state index in [0.717, 1.165) is 33.8 Å². The summed E-state index contributed by atoms with van der Waals surface area (Å²) in [6.45, 7) is 6.41. The summed E-state index contributed by atoms with van der Waals surface area (Å²) in [7, 11) is 0. The van der Waals surface area contributed by atoms with Crippen LogP contribution in [-0.4, -0.2) is 23.3 Å². The molecule has 2 aliphatic rings. The summed E-state index contributed by atoms with van der Waals surface area (Å²) in [5, 5.41) is 14.8. The minimum Gasteiger partial charge on any atom is -0.461 e. The molecule has 8 heteroatoms. The Morgan fingerprint density at radius 3 is 2.27 bits per heavy atom. The molecule has 1 spiro atoms. The molecular weight excluding hydrogens is 552 g/mol. The Hall–Kier alpha value is -4.07. The fraction of sp³-hybridized carbons (Fsp3) is 0.182. The highest BCUT2D eigenvalue weighted by molar-refractivity contribution is 8.16. The van der Waals surface area contributed by atoms with Gasteiger partial charge in [0.25, 0.3) is 0 Å². The molecule has 4 aromatic carbocycles. The maximum absolute atomic E-state index is 13.2. The summed E-state index contributed by atoms with van der Waals surface area (Å²) in [5.41, 5.74) is 6.56. The van der Waals surface area contributed by atoms with Gasteiger partial charge >= 0.3 is 5.97 Å². The molecule has 0 bridgehead atoms. The highest BCUT2D eigenvalue weighted by Crippen LogP contribution is 2.55. The number of halogens is 1. The zero-order valence-corrected chi connectivity index (χ0v) is 24.6. The highest BCUT2D eigenvalue weighted by Gasteiger charge is 2.56. The van der Waals surface area contributed by atoms with Crippen molar-refractivity contribution < 1.29 is 9.53 Å². The van der Waals surface area contributed by atoms with E-state index in [-0.39, 0.29) is 11.7 Å². The summed E-state index contributed by atoms with van der Waals surface area (Å²) in [6.07, 6.45) is 0. The van der Waals surface area contributed by atoms with E-state index in [1.165, 1.54) is 17.3 Å². The van der Waals surface area contributed by atoms with Gasteiger partial charge in [0.15, 0.2) is 0 Å². The molecule has 0 aromatic heterocycles. The number of nitrogens with zero attached hydrogens (tertiary/aromatic N) is 4. The molecule has 1 atom stereocenters. The lowest BCUT2D eigenvalue weighted by Gasteiger charge is -2.47. The van der Waals surface area contributed by atoms with E-state index in [4.69, 9.17) is 26.5 Å². The van der Waals surface area contributed by atoms with Crippen LogP contribution in [0.25, 0.3) is 0 Å². The van der Waals surface area contributed by atoms with Crippen molar-refractivity contribution in [3.63, 3.8) is 0 Å². The molecule has 0 saturated heterocycles. The average molecular weight is 581 g/mol. The highest BCUT2D eigenvalue weighted by atomic mass is 35.5. The first-order valence-corrected chi connectivity index (χ1v) is 14.8. The number of para-hydroxylation sites is 1. The van der Waals surface area contributed by atoms with E-state index in [0.29, 0.717) is 10.9 Å². The van der Waals surface area contributed by atoms with Gasteiger partial charge in [0.2, 0.25) is 10.0 Å². The second-order valence-corrected chi connectivity index (χ2v) is 11.6. The summed E-state index contributed by atoms with van der Waals surface area (Å²) in [5.74, 6) is -0.0562. The first-order valence-electron chi connectivity index (χ1n) is 13.6. The Morgan fingerprint density at radius 1 is 0.878 bits per heavy atom. The molecule has 0 aliphatic carbocycles. The minimum absolute atomic E-state index is 0.238. The first-order chi connectivity index (χ1) is 19.9. The van der Waals surface area contributed by atoms with Gasteiger partial charge in [0.1, 0.15) is 0 Å². The van der Waals surface area contributed by atoms with Crippen molar-refractivity contribution in [3.8, 4) is 0 Å². The van der Waals surface area contributed by atoms with Gasteiger partial charge in [-0.1, -0.05) is 98.2 Å². The van der Waals surface area contributed by atoms with Crippen molar-refractivity contribution in [2.45, 2.75) is 31.7 Å². The molecule has 6 rings (SSSR count). The second-order valence-electron chi connectivity index (χ2n) is 10.0. The van der Waals surface area contributed by atoms with Gasteiger partial charge in [-0.2, -0.15) is 10.2 Å². The number of rotatable bonds is 6. The van der Waals surface area contributed by atoms with Crippen molar-refractivity contribution >= 4 is 51.5 Å². The number of carbonyl (C=O) groups excluding carboxylic acids is 1. The lowest BCUT2D eigenvalue weighted by molar-refractivity contribution is -0.134. The molecule has 2 aliphatic heterocycles. The Balaban J connectivity index is 1.62. The van der Waals surface area contributed by atoms with Gasteiger partial charge in [0, 0.05) is 21.7 Å². The van der Waals surface area contributed by atoms with Crippen molar-refractivity contribution in [1.29, 1.82) is 0 Å². The number of hydrazone groups is 2.